The van der Waals surface area contributed by atoms with Crippen LogP contribution < -0.4 is 10.6 Å². The fourth-order valence-corrected chi connectivity index (χ4v) is 3.12. The molecule has 2 aromatic rings. The van der Waals surface area contributed by atoms with E-state index in [4.69, 9.17) is 0 Å². The van der Waals surface area contributed by atoms with Crippen LogP contribution in [-0.4, -0.2) is 17.1 Å². The molecule has 0 saturated heterocycles. The molecule has 1 atom stereocenters. The van der Waals surface area contributed by atoms with E-state index in [-0.39, 0.29) is 17.1 Å². The molecule has 0 bridgehead atoms. The van der Waals surface area contributed by atoms with Gasteiger partial charge in [0.15, 0.2) is 0 Å². The lowest BCUT2D eigenvalue weighted by Gasteiger charge is -2.21. The van der Waals surface area contributed by atoms with Crippen LogP contribution in [0.15, 0.2) is 47.4 Å². The standard InChI is InChI=1S/C17H16N2O2S/c1-10-3-6-13(7-4-10)18-17(21)12-5-8-15-14(9-12)19-16(20)11(2)22-15/h3-9,11H,1-2H3,(H,18,21)(H,19,20). The molecule has 2 aromatic carbocycles. The summed E-state index contributed by atoms with van der Waals surface area (Å²) in [6.45, 7) is 3.86. The predicted octanol–water partition coefficient (Wildman–Crippen LogP) is 3.68. The Labute approximate surface area is 133 Å². The third-order valence-corrected chi connectivity index (χ3v) is 4.66. The van der Waals surface area contributed by atoms with Crippen LogP contribution in [0.2, 0.25) is 0 Å². The Hall–Kier alpha value is -2.27. The third-order valence-electron chi connectivity index (χ3n) is 3.48. The summed E-state index contributed by atoms with van der Waals surface area (Å²) in [6.07, 6.45) is 0. The van der Waals surface area contributed by atoms with E-state index in [0.717, 1.165) is 16.1 Å². The van der Waals surface area contributed by atoms with Gasteiger partial charge >= 0.3 is 0 Å². The van der Waals surface area contributed by atoms with E-state index in [1.165, 1.54) is 11.8 Å². The van der Waals surface area contributed by atoms with Crippen molar-refractivity contribution in [1.29, 1.82) is 0 Å². The Morgan fingerprint density at radius 2 is 1.91 bits per heavy atom. The van der Waals surface area contributed by atoms with Crippen LogP contribution in [0.3, 0.4) is 0 Å². The van der Waals surface area contributed by atoms with E-state index in [2.05, 4.69) is 10.6 Å². The summed E-state index contributed by atoms with van der Waals surface area (Å²) < 4.78 is 0. The average Bonchev–Trinajstić information content (AvgIpc) is 2.50. The molecule has 2 amide bonds. The van der Waals surface area contributed by atoms with Gasteiger partial charge in [-0.25, -0.2) is 0 Å². The zero-order chi connectivity index (χ0) is 15.7. The number of amides is 2. The van der Waals surface area contributed by atoms with Crippen LogP contribution in [0.1, 0.15) is 22.8 Å². The van der Waals surface area contributed by atoms with Gasteiger partial charge in [0.05, 0.1) is 10.9 Å². The second-order valence-electron chi connectivity index (χ2n) is 5.28. The van der Waals surface area contributed by atoms with E-state index in [0.29, 0.717) is 11.3 Å². The number of rotatable bonds is 2. The minimum Gasteiger partial charge on any atom is -0.324 e. The van der Waals surface area contributed by atoms with E-state index < -0.39 is 0 Å². The number of nitrogens with one attached hydrogen (secondary N) is 2. The Morgan fingerprint density at radius 1 is 1.18 bits per heavy atom. The number of fused-ring (bicyclic) bond motifs is 1. The molecule has 0 fully saturated rings. The molecule has 1 aliphatic rings. The highest BCUT2D eigenvalue weighted by molar-refractivity contribution is 8.00. The topological polar surface area (TPSA) is 58.2 Å². The molecule has 1 heterocycles. The van der Waals surface area contributed by atoms with Crippen LogP contribution in [-0.2, 0) is 4.79 Å². The highest BCUT2D eigenvalue weighted by Crippen LogP contribution is 2.36. The van der Waals surface area contributed by atoms with E-state index >= 15 is 0 Å². The van der Waals surface area contributed by atoms with Crippen LogP contribution >= 0.6 is 11.8 Å². The van der Waals surface area contributed by atoms with Gasteiger partial charge in [-0.15, -0.1) is 11.8 Å². The lowest BCUT2D eigenvalue weighted by atomic mass is 10.1. The van der Waals surface area contributed by atoms with Crippen molar-refractivity contribution < 1.29 is 9.59 Å². The summed E-state index contributed by atoms with van der Waals surface area (Å²) in [5.74, 6) is -0.224. The summed E-state index contributed by atoms with van der Waals surface area (Å²) in [5.41, 5.74) is 3.11. The molecule has 1 aliphatic heterocycles. The van der Waals surface area contributed by atoms with Crippen molar-refractivity contribution in [3.8, 4) is 0 Å². The molecular weight excluding hydrogens is 296 g/mol. The molecule has 4 nitrogen and oxygen atoms in total. The quantitative estimate of drug-likeness (QED) is 0.889. The molecule has 0 saturated carbocycles. The van der Waals surface area contributed by atoms with E-state index in [1.54, 1.807) is 12.1 Å². The molecular formula is C17H16N2O2S. The maximum absolute atomic E-state index is 12.3. The summed E-state index contributed by atoms with van der Waals surface area (Å²) >= 11 is 1.50. The number of anilines is 2. The molecule has 5 heteroatoms. The van der Waals surface area contributed by atoms with Gasteiger partial charge in [-0.3, -0.25) is 9.59 Å². The summed E-state index contributed by atoms with van der Waals surface area (Å²) in [5, 5.41) is 5.58. The van der Waals surface area contributed by atoms with Crippen molar-refractivity contribution in [3.05, 3.63) is 53.6 Å². The molecule has 0 radical (unpaired) electrons. The highest BCUT2D eigenvalue weighted by atomic mass is 32.2. The number of benzene rings is 2. The zero-order valence-electron chi connectivity index (χ0n) is 12.3. The minimum atomic E-state index is -0.190. The van der Waals surface area contributed by atoms with Gasteiger partial charge in [0.2, 0.25) is 5.91 Å². The Balaban J connectivity index is 1.80. The fourth-order valence-electron chi connectivity index (χ4n) is 2.19. The normalized spacial score (nSPS) is 16.6. The van der Waals surface area contributed by atoms with Crippen LogP contribution in [0.5, 0.6) is 0 Å². The molecule has 22 heavy (non-hydrogen) atoms. The molecule has 112 valence electrons. The maximum Gasteiger partial charge on any atom is 0.255 e. The Morgan fingerprint density at radius 3 is 2.64 bits per heavy atom. The molecule has 0 aliphatic carbocycles. The second-order valence-corrected chi connectivity index (χ2v) is 6.66. The smallest absolute Gasteiger partial charge is 0.255 e. The number of hydrogen-bond acceptors (Lipinski definition) is 3. The van der Waals surface area contributed by atoms with E-state index in [9.17, 15) is 9.59 Å². The van der Waals surface area contributed by atoms with Crippen LogP contribution in [0.4, 0.5) is 11.4 Å². The van der Waals surface area contributed by atoms with Crippen LogP contribution in [0.25, 0.3) is 0 Å². The van der Waals surface area contributed by atoms with Gasteiger partial charge in [0, 0.05) is 16.1 Å². The molecule has 3 rings (SSSR count). The number of hydrogen-bond donors (Lipinski definition) is 2. The van der Waals surface area contributed by atoms with E-state index in [1.807, 2.05) is 44.2 Å². The van der Waals surface area contributed by atoms with Crippen molar-refractivity contribution in [2.45, 2.75) is 24.0 Å². The van der Waals surface area contributed by atoms with Gasteiger partial charge < -0.3 is 10.6 Å². The number of carbonyl (C=O) groups excluding carboxylic acids is 2. The Kier molecular flexibility index (Phi) is 3.90. The average molecular weight is 312 g/mol. The van der Waals surface area contributed by atoms with Crippen molar-refractivity contribution >= 4 is 35.0 Å². The third kappa shape index (κ3) is 2.99. The largest absolute Gasteiger partial charge is 0.324 e. The van der Waals surface area contributed by atoms with Crippen molar-refractivity contribution in [3.63, 3.8) is 0 Å². The van der Waals surface area contributed by atoms with Gasteiger partial charge in [-0.05, 0) is 44.2 Å². The van der Waals surface area contributed by atoms with Gasteiger partial charge in [0.1, 0.15) is 0 Å². The van der Waals surface area contributed by atoms with Gasteiger partial charge in [0.25, 0.3) is 5.91 Å². The lowest BCUT2D eigenvalue weighted by Crippen LogP contribution is -2.26. The van der Waals surface area contributed by atoms with Crippen molar-refractivity contribution in [2.24, 2.45) is 0 Å². The lowest BCUT2D eigenvalue weighted by molar-refractivity contribution is -0.115. The number of aryl methyl sites for hydroxylation is 1. The molecule has 2 N–H and O–H groups in total. The first-order chi connectivity index (χ1) is 10.5. The SMILES string of the molecule is Cc1ccc(NC(=O)c2ccc3c(c2)NC(=O)C(C)S3)cc1. The molecule has 0 spiro atoms. The fraction of sp³-hybridized carbons (Fsp3) is 0.176. The molecule has 1 unspecified atom stereocenters. The summed E-state index contributed by atoms with van der Waals surface area (Å²) in [6, 6.07) is 13.0. The second kappa shape index (κ2) is 5.85. The molecule has 0 aromatic heterocycles. The first kappa shape index (κ1) is 14.7. The highest BCUT2D eigenvalue weighted by Gasteiger charge is 2.23. The first-order valence-corrected chi connectivity index (χ1v) is 7.90. The summed E-state index contributed by atoms with van der Waals surface area (Å²) in [4.78, 5) is 25.0. The van der Waals surface area contributed by atoms with Crippen molar-refractivity contribution in [2.75, 3.05) is 10.6 Å². The first-order valence-electron chi connectivity index (χ1n) is 7.02. The number of thioether (sulfide) groups is 1. The van der Waals surface area contributed by atoms with Crippen LogP contribution in [0, 0.1) is 6.92 Å². The van der Waals surface area contributed by atoms with Gasteiger partial charge in [-0.1, -0.05) is 17.7 Å². The minimum absolute atomic E-state index is 0.0337. The predicted molar refractivity (Wildman–Crippen MR) is 89.5 cm³/mol. The maximum atomic E-state index is 12.3. The zero-order valence-corrected chi connectivity index (χ0v) is 13.2. The monoisotopic (exact) mass is 312 g/mol. The number of carbonyl (C=O) groups is 2. The van der Waals surface area contributed by atoms with Crippen molar-refractivity contribution in [1.82, 2.24) is 0 Å². The van der Waals surface area contributed by atoms with Gasteiger partial charge in [-0.2, -0.15) is 0 Å². The Bertz CT molecular complexity index is 741. The summed E-state index contributed by atoms with van der Waals surface area (Å²) in [7, 11) is 0.